The predicted octanol–water partition coefficient (Wildman–Crippen LogP) is 2.55. The lowest BCUT2D eigenvalue weighted by Gasteiger charge is -2.00. The monoisotopic (exact) mass is 198 g/mol. The fraction of sp³-hybridized carbons (Fsp3) is 0. The highest BCUT2D eigenvalue weighted by atomic mass is 16.4. The van der Waals surface area contributed by atoms with Crippen molar-refractivity contribution in [3.05, 3.63) is 71.4 Å². The molecule has 0 fully saturated rings. The molecule has 0 heterocycles. The molecule has 0 saturated heterocycles. The van der Waals surface area contributed by atoms with Crippen LogP contribution in [-0.4, -0.2) is 11.1 Å². The fourth-order valence-electron chi connectivity index (χ4n) is 1.46. The summed E-state index contributed by atoms with van der Waals surface area (Å²) in [6.07, 6.45) is 16.5. The van der Waals surface area contributed by atoms with Crippen molar-refractivity contribution in [3.8, 4) is 0 Å². The molecular formula is C13H10O2. The number of aliphatic carboxylic acids is 1. The summed E-state index contributed by atoms with van der Waals surface area (Å²) in [5, 5.41) is 8.92. The molecule has 2 rings (SSSR count). The molecule has 2 aliphatic carbocycles. The Morgan fingerprint density at radius 3 is 2.53 bits per heavy atom. The molecule has 1 N–H and O–H groups in total. The highest BCUT2D eigenvalue weighted by Gasteiger charge is 2.08. The molecule has 0 atom stereocenters. The smallest absolute Gasteiger partial charge is 0.335 e. The molecular weight excluding hydrogens is 188 g/mol. The van der Waals surface area contributed by atoms with Gasteiger partial charge in [-0.1, -0.05) is 42.5 Å². The van der Waals surface area contributed by atoms with Crippen LogP contribution >= 0.6 is 0 Å². The van der Waals surface area contributed by atoms with E-state index in [4.69, 9.17) is 5.11 Å². The van der Waals surface area contributed by atoms with Crippen LogP contribution in [0.1, 0.15) is 0 Å². The number of hydrogen-bond donors (Lipinski definition) is 1. The molecule has 74 valence electrons. The third-order valence-electron chi connectivity index (χ3n) is 2.22. The van der Waals surface area contributed by atoms with Gasteiger partial charge in [0, 0.05) is 0 Å². The number of rotatable bonds is 1. The number of carboxylic acid groups (broad SMARTS) is 1. The first-order valence-corrected chi connectivity index (χ1v) is 4.66. The minimum atomic E-state index is -0.904. The molecule has 0 aliphatic heterocycles. The maximum absolute atomic E-state index is 10.9. The number of hydrogen-bond acceptors (Lipinski definition) is 1. The van der Waals surface area contributed by atoms with E-state index in [0.29, 0.717) is 5.57 Å². The summed E-state index contributed by atoms with van der Waals surface area (Å²) in [7, 11) is 0. The van der Waals surface area contributed by atoms with Crippen molar-refractivity contribution >= 4 is 5.97 Å². The number of carbonyl (C=O) groups is 1. The molecule has 0 spiro atoms. The number of fused-ring (bicyclic) bond motifs is 1. The van der Waals surface area contributed by atoms with Crippen LogP contribution < -0.4 is 0 Å². The molecule has 0 aromatic carbocycles. The van der Waals surface area contributed by atoms with E-state index >= 15 is 0 Å². The number of carboxylic acids is 1. The van der Waals surface area contributed by atoms with Gasteiger partial charge in [-0.25, -0.2) is 4.79 Å². The lowest BCUT2D eigenvalue weighted by molar-refractivity contribution is -0.132. The zero-order valence-corrected chi connectivity index (χ0v) is 8.05. The normalized spacial score (nSPS) is 18.3. The molecule has 0 saturated carbocycles. The van der Waals surface area contributed by atoms with Crippen LogP contribution in [-0.2, 0) is 4.79 Å². The van der Waals surface area contributed by atoms with Gasteiger partial charge in [-0.2, -0.15) is 0 Å². The predicted molar refractivity (Wildman–Crippen MR) is 59.3 cm³/mol. The summed E-state index contributed by atoms with van der Waals surface area (Å²) in [4.78, 5) is 10.9. The second-order valence-electron chi connectivity index (χ2n) is 3.25. The van der Waals surface area contributed by atoms with Crippen LogP contribution in [0.4, 0.5) is 0 Å². The lowest BCUT2D eigenvalue weighted by atomic mass is 10.0. The van der Waals surface area contributed by atoms with Gasteiger partial charge in [0.1, 0.15) is 0 Å². The summed E-state index contributed by atoms with van der Waals surface area (Å²) >= 11 is 0. The van der Waals surface area contributed by atoms with E-state index in [-0.39, 0.29) is 0 Å². The maximum atomic E-state index is 10.9. The molecule has 15 heavy (non-hydrogen) atoms. The van der Waals surface area contributed by atoms with Crippen LogP contribution in [0.3, 0.4) is 0 Å². The first-order chi connectivity index (χ1) is 7.27. The van der Waals surface area contributed by atoms with Crippen molar-refractivity contribution in [2.45, 2.75) is 0 Å². The molecule has 0 amide bonds. The van der Waals surface area contributed by atoms with Crippen molar-refractivity contribution < 1.29 is 9.90 Å². The second kappa shape index (κ2) is 3.96. The quantitative estimate of drug-likeness (QED) is 0.703. The Labute approximate surface area is 87.9 Å². The lowest BCUT2D eigenvalue weighted by Crippen LogP contribution is -1.97. The average Bonchev–Trinajstić information content (AvgIpc) is 2.50. The van der Waals surface area contributed by atoms with E-state index in [9.17, 15) is 4.79 Å². The minimum absolute atomic E-state index is 0.302. The Bertz CT molecular complexity index is 469. The van der Waals surface area contributed by atoms with Crippen LogP contribution in [0.25, 0.3) is 0 Å². The maximum Gasteiger partial charge on any atom is 0.335 e. The third-order valence-corrected chi connectivity index (χ3v) is 2.22. The second-order valence-corrected chi connectivity index (χ2v) is 3.25. The largest absolute Gasteiger partial charge is 0.478 e. The average molecular weight is 198 g/mol. The van der Waals surface area contributed by atoms with E-state index in [1.54, 1.807) is 18.2 Å². The summed E-state index contributed by atoms with van der Waals surface area (Å²) < 4.78 is 0. The first kappa shape index (κ1) is 9.46. The highest BCUT2D eigenvalue weighted by Crippen LogP contribution is 2.21. The molecule has 0 unspecified atom stereocenters. The van der Waals surface area contributed by atoms with Gasteiger partial charge in [0.2, 0.25) is 0 Å². The van der Waals surface area contributed by atoms with Gasteiger partial charge in [-0.05, 0) is 23.3 Å². The fourth-order valence-corrected chi connectivity index (χ4v) is 1.46. The summed E-state index contributed by atoms with van der Waals surface area (Å²) in [6, 6.07) is 0. The van der Waals surface area contributed by atoms with Crippen LogP contribution in [0.15, 0.2) is 71.4 Å². The van der Waals surface area contributed by atoms with Gasteiger partial charge in [0.15, 0.2) is 0 Å². The standard InChI is InChI=1S/C13H10O2/c14-13(15)12-8-4-7-10-5-2-1-3-6-11(10)9-12/h1-9H,(H,14,15). The van der Waals surface area contributed by atoms with E-state index in [1.807, 2.05) is 36.5 Å². The van der Waals surface area contributed by atoms with Gasteiger partial charge in [0.05, 0.1) is 5.57 Å². The Morgan fingerprint density at radius 1 is 0.933 bits per heavy atom. The van der Waals surface area contributed by atoms with Crippen LogP contribution in [0, 0.1) is 0 Å². The SMILES string of the molecule is O=C(O)C1=CC2=CC=CC=CC2=CC=C1. The molecule has 0 radical (unpaired) electrons. The van der Waals surface area contributed by atoms with Crippen LogP contribution in [0.5, 0.6) is 0 Å². The Kier molecular flexibility index (Phi) is 2.50. The van der Waals surface area contributed by atoms with Crippen molar-refractivity contribution in [1.82, 2.24) is 0 Å². The van der Waals surface area contributed by atoms with Gasteiger partial charge in [0.25, 0.3) is 0 Å². The van der Waals surface area contributed by atoms with Crippen molar-refractivity contribution in [1.29, 1.82) is 0 Å². The van der Waals surface area contributed by atoms with E-state index in [2.05, 4.69) is 0 Å². The van der Waals surface area contributed by atoms with E-state index in [1.165, 1.54) is 0 Å². The molecule has 2 heteroatoms. The summed E-state index contributed by atoms with van der Waals surface area (Å²) in [5.74, 6) is -0.904. The zero-order valence-electron chi connectivity index (χ0n) is 8.05. The first-order valence-electron chi connectivity index (χ1n) is 4.66. The van der Waals surface area contributed by atoms with E-state index < -0.39 is 5.97 Å². The van der Waals surface area contributed by atoms with Crippen molar-refractivity contribution in [2.24, 2.45) is 0 Å². The third kappa shape index (κ3) is 2.05. The van der Waals surface area contributed by atoms with Crippen LogP contribution in [0.2, 0.25) is 0 Å². The van der Waals surface area contributed by atoms with Crippen molar-refractivity contribution in [2.75, 3.05) is 0 Å². The van der Waals surface area contributed by atoms with E-state index in [0.717, 1.165) is 11.1 Å². The summed E-state index contributed by atoms with van der Waals surface area (Å²) in [5.41, 5.74) is 2.24. The summed E-state index contributed by atoms with van der Waals surface area (Å²) in [6.45, 7) is 0. The van der Waals surface area contributed by atoms with Gasteiger partial charge in [-0.15, -0.1) is 0 Å². The zero-order chi connectivity index (χ0) is 10.7. The molecule has 2 nitrogen and oxygen atoms in total. The molecule has 0 aromatic heterocycles. The topological polar surface area (TPSA) is 37.3 Å². The Balaban J connectivity index is 2.48. The Hall–Kier alpha value is -2.09. The van der Waals surface area contributed by atoms with Gasteiger partial charge in [-0.3, -0.25) is 0 Å². The molecule has 0 aromatic rings. The van der Waals surface area contributed by atoms with Gasteiger partial charge < -0.3 is 5.11 Å². The Morgan fingerprint density at radius 2 is 1.73 bits per heavy atom. The minimum Gasteiger partial charge on any atom is -0.478 e. The number of allylic oxidation sites excluding steroid dienone is 10. The van der Waals surface area contributed by atoms with Crippen molar-refractivity contribution in [3.63, 3.8) is 0 Å². The highest BCUT2D eigenvalue weighted by molar-refractivity contribution is 5.91. The molecule has 0 bridgehead atoms. The molecule has 2 aliphatic rings. The van der Waals surface area contributed by atoms with Gasteiger partial charge >= 0.3 is 5.97 Å².